The Balaban J connectivity index is 2.22. The number of hydrogen-bond acceptors (Lipinski definition) is 7. The average Bonchev–Trinajstić information content (AvgIpc) is 2.68. The Morgan fingerprint density at radius 3 is 2.80 bits per heavy atom. The topological polar surface area (TPSA) is 148 Å². The molecule has 1 saturated heterocycles. The van der Waals surface area contributed by atoms with E-state index in [2.05, 4.69) is 17.6 Å². The molecule has 1 aromatic heterocycles. The van der Waals surface area contributed by atoms with Crippen LogP contribution < -0.4 is 11.4 Å². The summed E-state index contributed by atoms with van der Waals surface area (Å²) in [4.78, 5) is 31.8. The van der Waals surface area contributed by atoms with Gasteiger partial charge in [0, 0.05) is 12.6 Å². The van der Waals surface area contributed by atoms with E-state index in [4.69, 9.17) is 20.3 Å². The Morgan fingerprint density at radius 2 is 2.25 bits per heavy atom. The third-order valence-electron chi connectivity index (χ3n) is 2.94. The molecular formula is C9H14N3O6PS. The van der Waals surface area contributed by atoms with Crippen molar-refractivity contribution in [3.8, 4) is 0 Å². The number of aliphatic hydroxyl groups excluding tert-OH is 1. The van der Waals surface area contributed by atoms with Crippen molar-refractivity contribution in [2.24, 2.45) is 0 Å². The fourth-order valence-corrected chi connectivity index (χ4v) is 2.87. The summed E-state index contributed by atoms with van der Waals surface area (Å²) in [7, 11) is -4.52. The highest BCUT2D eigenvalue weighted by molar-refractivity contribution is 7.89. The molecule has 2 heterocycles. The van der Waals surface area contributed by atoms with Crippen molar-refractivity contribution in [3.63, 3.8) is 0 Å². The molecule has 0 aromatic carbocycles. The van der Waals surface area contributed by atoms with Crippen molar-refractivity contribution in [1.29, 1.82) is 0 Å². The molecule has 0 spiro atoms. The van der Waals surface area contributed by atoms with Gasteiger partial charge in [-0.05, 0) is 6.07 Å². The SMILES string of the molecule is Nc1ccn([C@H]2C[C@H](O)[C@@H](C(S)P(=O)(O)O)O2)c(=O)n1. The van der Waals surface area contributed by atoms with Gasteiger partial charge < -0.3 is 25.4 Å². The first-order valence-corrected chi connectivity index (χ1v) is 7.81. The Kier molecular flexibility index (Phi) is 4.24. The fraction of sp³-hybridized carbons (Fsp3) is 0.556. The number of ether oxygens (including phenoxy) is 1. The smallest absolute Gasteiger partial charge is 0.351 e. The number of nitrogens with two attached hydrogens (primary N) is 1. The summed E-state index contributed by atoms with van der Waals surface area (Å²) in [6.45, 7) is 0. The van der Waals surface area contributed by atoms with Gasteiger partial charge in [-0.25, -0.2) is 4.79 Å². The van der Waals surface area contributed by atoms with Crippen molar-refractivity contribution >= 4 is 26.0 Å². The molecule has 9 nitrogen and oxygen atoms in total. The standard InChI is InChI=1S/C9H14N3O6PS/c10-5-1-2-12(9(14)11-5)6-3-4(13)7(18-6)8(20)19(15,16)17/h1-2,4,6-8,13,20H,3H2,(H2,10,11,14)(H2,15,16,17)/t4-,6+,7-,8?/m0/s1. The number of nitrogens with zero attached hydrogens (tertiary/aromatic N) is 2. The lowest BCUT2D eigenvalue weighted by molar-refractivity contribution is -0.0142. The van der Waals surface area contributed by atoms with E-state index < -0.39 is 36.7 Å². The maximum absolute atomic E-state index is 11.6. The summed E-state index contributed by atoms with van der Waals surface area (Å²) >= 11 is 3.79. The van der Waals surface area contributed by atoms with Gasteiger partial charge in [0.2, 0.25) is 0 Å². The number of hydrogen-bond donors (Lipinski definition) is 5. The molecule has 0 bridgehead atoms. The molecule has 1 aliphatic heterocycles. The fourth-order valence-electron chi connectivity index (χ4n) is 1.95. The summed E-state index contributed by atoms with van der Waals surface area (Å²) in [6.07, 6.45) is -1.88. The number of aromatic nitrogens is 2. The van der Waals surface area contributed by atoms with E-state index in [9.17, 15) is 14.5 Å². The molecule has 0 saturated carbocycles. The lowest BCUT2D eigenvalue weighted by atomic mass is 10.2. The summed E-state index contributed by atoms with van der Waals surface area (Å²) in [6, 6.07) is 1.38. The van der Waals surface area contributed by atoms with Crippen LogP contribution in [0, 0.1) is 0 Å². The lowest BCUT2D eigenvalue weighted by Gasteiger charge is -2.22. The normalized spacial score (nSPS) is 28.5. The van der Waals surface area contributed by atoms with Gasteiger partial charge in [-0.15, -0.1) is 0 Å². The van der Waals surface area contributed by atoms with Crippen molar-refractivity contribution in [1.82, 2.24) is 9.55 Å². The summed E-state index contributed by atoms with van der Waals surface area (Å²) < 4.78 is 17.6. The van der Waals surface area contributed by atoms with Crippen LogP contribution in [0.25, 0.3) is 0 Å². The van der Waals surface area contributed by atoms with Crippen molar-refractivity contribution in [2.75, 3.05) is 5.73 Å². The summed E-state index contributed by atoms with van der Waals surface area (Å²) in [5.41, 5.74) is 4.68. The third kappa shape index (κ3) is 3.05. The van der Waals surface area contributed by atoms with Crippen molar-refractivity contribution in [2.45, 2.75) is 29.8 Å². The monoisotopic (exact) mass is 323 g/mol. The van der Waals surface area contributed by atoms with Crippen LogP contribution >= 0.6 is 20.2 Å². The van der Waals surface area contributed by atoms with Crippen LogP contribution in [0.2, 0.25) is 0 Å². The molecule has 1 unspecified atom stereocenters. The second-order valence-electron chi connectivity index (χ2n) is 4.40. The number of thiol groups is 1. The van der Waals surface area contributed by atoms with Crippen LogP contribution in [-0.4, -0.2) is 41.6 Å². The van der Waals surface area contributed by atoms with Gasteiger partial charge in [0.1, 0.15) is 23.1 Å². The number of rotatable bonds is 3. The van der Waals surface area contributed by atoms with Crippen LogP contribution in [0.5, 0.6) is 0 Å². The summed E-state index contributed by atoms with van der Waals surface area (Å²) in [5, 5.41) is 9.82. The van der Waals surface area contributed by atoms with E-state index in [1.165, 1.54) is 12.3 Å². The Bertz CT molecular complexity index is 604. The maximum Gasteiger partial charge on any atom is 0.351 e. The van der Waals surface area contributed by atoms with Crippen LogP contribution in [0.3, 0.4) is 0 Å². The van der Waals surface area contributed by atoms with Gasteiger partial charge in [0.05, 0.1) is 6.10 Å². The van der Waals surface area contributed by atoms with Gasteiger partial charge in [0.15, 0.2) is 0 Å². The molecule has 2 rings (SSSR count). The zero-order chi connectivity index (χ0) is 15.1. The van der Waals surface area contributed by atoms with Crippen LogP contribution in [-0.2, 0) is 9.30 Å². The predicted octanol–water partition coefficient (Wildman–Crippen LogP) is -1.09. The van der Waals surface area contributed by atoms with Gasteiger partial charge in [-0.2, -0.15) is 17.6 Å². The first kappa shape index (κ1) is 15.5. The van der Waals surface area contributed by atoms with Crippen molar-refractivity contribution < 1.29 is 24.2 Å². The Hall–Kier alpha value is -0.900. The van der Waals surface area contributed by atoms with E-state index in [1.807, 2.05) is 0 Å². The molecule has 1 fully saturated rings. The molecule has 1 aromatic rings. The highest BCUT2D eigenvalue weighted by atomic mass is 32.1. The van der Waals surface area contributed by atoms with Gasteiger partial charge >= 0.3 is 13.3 Å². The molecule has 112 valence electrons. The molecule has 11 heteroatoms. The molecular weight excluding hydrogens is 309 g/mol. The van der Waals surface area contributed by atoms with Crippen LogP contribution in [0.4, 0.5) is 5.82 Å². The quantitative estimate of drug-likeness (QED) is 0.348. The van der Waals surface area contributed by atoms with E-state index in [0.29, 0.717) is 0 Å². The highest BCUT2D eigenvalue weighted by Gasteiger charge is 2.45. The number of aliphatic hydroxyl groups is 1. The molecule has 1 aliphatic rings. The maximum atomic E-state index is 11.6. The highest BCUT2D eigenvalue weighted by Crippen LogP contribution is 2.49. The zero-order valence-corrected chi connectivity index (χ0v) is 11.9. The van der Waals surface area contributed by atoms with E-state index in [0.717, 1.165) is 4.57 Å². The third-order valence-corrected chi connectivity index (χ3v) is 5.12. The van der Waals surface area contributed by atoms with E-state index >= 15 is 0 Å². The average molecular weight is 323 g/mol. The molecule has 20 heavy (non-hydrogen) atoms. The molecule has 0 amide bonds. The second-order valence-corrected chi connectivity index (χ2v) is 7.10. The summed E-state index contributed by atoms with van der Waals surface area (Å²) in [5.74, 6) is 0.0450. The Labute approximate surface area is 119 Å². The van der Waals surface area contributed by atoms with Crippen molar-refractivity contribution in [3.05, 3.63) is 22.7 Å². The minimum Gasteiger partial charge on any atom is -0.390 e. The molecule has 5 N–H and O–H groups in total. The lowest BCUT2D eigenvalue weighted by Crippen LogP contribution is -2.31. The second kappa shape index (κ2) is 5.47. The first-order chi connectivity index (χ1) is 9.20. The van der Waals surface area contributed by atoms with E-state index in [-0.39, 0.29) is 12.2 Å². The zero-order valence-electron chi connectivity index (χ0n) is 10.1. The van der Waals surface area contributed by atoms with Crippen LogP contribution in [0.1, 0.15) is 12.6 Å². The number of anilines is 1. The largest absolute Gasteiger partial charge is 0.390 e. The van der Waals surface area contributed by atoms with Gasteiger partial charge in [0.25, 0.3) is 0 Å². The minimum atomic E-state index is -4.52. The minimum absolute atomic E-state index is 0.00671. The molecule has 4 atom stereocenters. The van der Waals surface area contributed by atoms with E-state index in [1.54, 1.807) is 0 Å². The number of nitrogen functional groups attached to an aromatic ring is 1. The van der Waals surface area contributed by atoms with Crippen LogP contribution in [0.15, 0.2) is 17.1 Å². The molecule has 0 aliphatic carbocycles. The first-order valence-electron chi connectivity index (χ1n) is 5.61. The van der Waals surface area contributed by atoms with Gasteiger partial charge in [-0.1, -0.05) is 0 Å². The Morgan fingerprint density at radius 1 is 1.60 bits per heavy atom. The molecule has 0 radical (unpaired) electrons. The predicted molar refractivity (Wildman–Crippen MR) is 72.3 cm³/mol. The van der Waals surface area contributed by atoms with Gasteiger partial charge in [-0.3, -0.25) is 9.13 Å².